The van der Waals surface area contributed by atoms with E-state index in [1.165, 1.54) is 5.56 Å². The number of anilines is 2. The average Bonchev–Trinajstić information content (AvgIpc) is 2.80. The number of aromatic nitrogens is 3. The van der Waals surface area contributed by atoms with E-state index in [4.69, 9.17) is 0 Å². The largest absolute Gasteiger partial charge is 0.367 e. The Hall–Kier alpha value is -4.21. The zero-order valence-corrected chi connectivity index (χ0v) is 17.7. The molecule has 2 aromatic carbocycles. The number of hydrogen-bond acceptors (Lipinski definition) is 7. The molecule has 0 atom stereocenters. The van der Waals surface area contributed by atoms with Gasteiger partial charge in [-0.25, -0.2) is 15.3 Å². The Kier molecular flexibility index (Phi) is 7.90. The average molecular weight is 435 g/mol. The molecule has 0 spiro atoms. The van der Waals surface area contributed by atoms with Crippen LogP contribution in [0.15, 0.2) is 69.3 Å². The Morgan fingerprint density at radius 2 is 1.88 bits per heavy atom. The van der Waals surface area contributed by atoms with Crippen molar-refractivity contribution in [1.29, 1.82) is 0 Å². The number of rotatable bonds is 10. The third-order valence-corrected chi connectivity index (χ3v) is 4.61. The van der Waals surface area contributed by atoms with Gasteiger partial charge in [-0.15, -0.1) is 5.10 Å². The minimum absolute atomic E-state index is 0.0608. The summed E-state index contributed by atoms with van der Waals surface area (Å²) in [7, 11) is 0. The van der Waals surface area contributed by atoms with Gasteiger partial charge in [0.15, 0.2) is 0 Å². The maximum Gasteiger partial charge on any atom is 0.342 e. The van der Waals surface area contributed by atoms with Gasteiger partial charge in [0.2, 0.25) is 11.7 Å². The van der Waals surface area contributed by atoms with E-state index < -0.39 is 11.2 Å². The van der Waals surface area contributed by atoms with Crippen LogP contribution in [-0.4, -0.2) is 40.4 Å². The van der Waals surface area contributed by atoms with Crippen LogP contribution in [0.5, 0.6) is 0 Å². The van der Waals surface area contributed by atoms with Crippen molar-refractivity contribution < 1.29 is 4.79 Å². The van der Waals surface area contributed by atoms with Gasteiger partial charge in [0.1, 0.15) is 0 Å². The van der Waals surface area contributed by atoms with Gasteiger partial charge in [-0.1, -0.05) is 42.5 Å². The predicted molar refractivity (Wildman–Crippen MR) is 124 cm³/mol. The number of carbonyl (C=O) groups is 1. The van der Waals surface area contributed by atoms with Gasteiger partial charge in [-0.3, -0.25) is 14.6 Å². The molecule has 0 saturated heterocycles. The van der Waals surface area contributed by atoms with E-state index in [2.05, 4.69) is 50.0 Å². The van der Waals surface area contributed by atoms with Crippen LogP contribution in [-0.2, 0) is 11.3 Å². The Balaban J connectivity index is 1.46. The van der Waals surface area contributed by atoms with Gasteiger partial charge in [-0.05, 0) is 30.2 Å². The summed E-state index contributed by atoms with van der Waals surface area (Å²) in [6.45, 7) is 3.99. The molecule has 10 heteroatoms. The molecule has 166 valence electrons. The van der Waals surface area contributed by atoms with Gasteiger partial charge < -0.3 is 10.2 Å². The fraction of sp³-hybridized carbons (Fsp3) is 0.227. The minimum Gasteiger partial charge on any atom is -0.367 e. The number of nitrogens with one attached hydrogen (secondary N) is 4. The molecule has 0 saturated carbocycles. The van der Waals surface area contributed by atoms with Crippen LogP contribution in [0.4, 0.5) is 11.5 Å². The molecule has 1 heterocycles. The number of H-pyrrole nitrogens is 2. The van der Waals surface area contributed by atoms with Crippen molar-refractivity contribution in [1.82, 2.24) is 20.6 Å². The van der Waals surface area contributed by atoms with Crippen molar-refractivity contribution in [2.24, 2.45) is 5.10 Å². The van der Waals surface area contributed by atoms with E-state index in [9.17, 15) is 14.4 Å². The number of hydrogen-bond donors (Lipinski definition) is 4. The fourth-order valence-electron chi connectivity index (χ4n) is 2.96. The number of aromatic amines is 2. The van der Waals surface area contributed by atoms with E-state index in [1.807, 2.05) is 47.4 Å². The Morgan fingerprint density at radius 3 is 2.56 bits per heavy atom. The quantitative estimate of drug-likeness (QED) is 0.281. The number of amides is 1. The summed E-state index contributed by atoms with van der Waals surface area (Å²) in [5.41, 5.74) is 4.30. The maximum atomic E-state index is 11.9. The molecule has 0 unspecified atom stereocenters. The molecule has 10 nitrogen and oxygen atoms in total. The molecule has 32 heavy (non-hydrogen) atoms. The third-order valence-electron chi connectivity index (χ3n) is 4.61. The number of hydrazone groups is 1. The van der Waals surface area contributed by atoms with Crippen LogP contribution in [0, 0.1) is 0 Å². The van der Waals surface area contributed by atoms with Crippen LogP contribution >= 0.6 is 0 Å². The fourth-order valence-corrected chi connectivity index (χ4v) is 2.96. The minimum atomic E-state index is -0.695. The van der Waals surface area contributed by atoms with Gasteiger partial charge in [0.25, 0.3) is 5.56 Å². The van der Waals surface area contributed by atoms with Crippen LogP contribution in [0.2, 0.25) is 0 Å². The lowest BCUT2D eigenvalue weighted by atomic mass is 10.1. The van der Waals surface area contributed by atoms with Crippen LogP contribution < -0.4 is 26.9 Å². The number of nitrogens with zero attached hydrogens (tertiary/aromatic N) is 3. The highest BCUT2D eigenvalue weighted by Crippen LogP contribution is 2.17. The molecule has 0 aliphatic rings. The molecule has 1 aromatic heterocycles. The zero-order valence-electron chi connectivity index (χ0n) is 17.7. The van der Waals surface area contributed by atoms with E-state index in [0.717, 1.165) is 24.3 Å². The van der Waals surface area contributed by atoms with E-state index >= 15 is 0 Å². The zero-order chi connectivity index (χ0) is 22.8. The highest BCUT2D eigenvalue weighted by molar-refractivity contribution is 5.83. The van der Waals surface area contributed by atoms with Crippen molar-refractivity contribution in [3.05, 3.63) is 86.6 Å². The Bertz CT molecular complexity index is 1150. The molecular weight excluding hydrogens is 410 g/mol. The second-order valence-electron chi connectivity index (χ2n) is 6.92. The summed E-state index contributed by atoms with van der Waals surface area (Å²) >= 11 is 0. The maximum absolute atomic E-state index is 11.9. The first-order chi connectivity index (χ1) is 15.5. The van der Waals surface area contributed by atoms with Crippen molar-refractivity contribution >= 4 is 23.6 Å². The lowest BCUT2D eigenvalue weighted by Gasteiger charge is -2.23. The van der Waals surface area contributed by atoms with Crippen LogP contribution in [0.3, 0.4) is 0 Å². The van der Waals surface area contributed by atoms with E-state index in [1.54, 1.807) is 6.21 Å². The molecule has 3 rings (SSSR count). The number of benzene rings is 2. The van der Waals surface area contributed by atoms with Crippen molar-refractivity contribution in [3.63, 3.8) is 0 Å². The summed E-state index contributed by atoms with van der Waals surface area (Å²) in [6.07, 6.45) is 1.64. The van der Waals surface area contributed by atoms with Gasteiger partial charge >= 0.3 is 5.69 Å². The molecule has 3 aromatic rings. The molecule has 1 amide bonds. The van der Waals surface area contributed by atoms with Crippen molar-refractivity contribution in [2.45, 2.75) is 19.9 Å². The summed E-state index contributed by atoms with van der Waals surface area (Å²) in [4.78, 5) is 38.6. The Labute approximate surface area is 184 Å². The van der Waals surface area contributed by atoms with E-state index in [-0.39, 0.29) is 24.7 Å². The standard InChI is InChI=1S/C22H25N7O3/c1-2-29(15-17-6-4-3-5-7-17)18-10-8-16(9-11-18)14-24-26-19(30)12-13-23-20-21(31)25-22(32)28-27-20/h3-11,14H,2,12-13,15H2,1H3,(H,23,27)(H,26,30)(H2,25,28,31,32)/b24-14+. The van der Waals surface area contributed by atoms with Gasteiger partial charge in [0, 0.05) is 31.7 Å². The second-order valence-corrected chi connectivity index (χ2v) is 6.92. The molecule has 0 bridgehead atoms. The van der Waals surface area contributed by atoms with Gasteiger partial charge in [-0.2, -0.15) is 5.10 Å². The molecule has 4 N–H and O–H groups in total. The normalized spacial score (nSPS) is 10.8. The monoisotopic (exact) mass is 435 g/mol. The molecular formula is C22H25N7O3. The van der Waals surface area contributed by atoms with Crippen molar-refractivity contribution in [3.8, 4) is 0 Å². The van der Waals surface area contributed by atoms with Crippen LogP contribution in [0.25, 0.3) is 0 Å². The first kappa shape index (κ1) is 22.5. The topological polar surface area (TPSA) is 135 Å². The first-order valence-corrected chi connectivity index (χ1v) is 10.2. The lowest BCUT2D eigenvalue weighted by Crippen LogP contribution is -2.28. The summed E-state index contributed by atoms with van der Waals surface area (Å²) in [6, 6.07) is 18.2. The highest BCUT2D eigenvalue weighted by atomic mass is 16.2. The predicted octanol–water partition coefficient (Wildman–Crippen LogP) is 1.44. The van der Waals surface area contributed by atoms with Crippen LogP contribution in [0.1, 0.15) is 24.5 Å². The van der Waals surface area contributed by atoms with Gasteiger partial charge in [0.05, 0.1) is 6.21 Å². The Morgan fingerprint density at radius 1 is 1.12 bits per heavy atom. The second kappa shape index (κ2) is 11.3. The third kappa shape index (κ3) is 6.66. The summed E-state index contributed by atoms with van der Waals surface area (Å²) < 4.78 is 0. The summed E-state index contributed by atoms with van der Waals surface area (Å²) in [5, 5.41) is 12.3. The molecule has 0 fully saturated rings. The highest BCUT2D eigenvalue weighted by Gasteiger charge is 2.06. The molecule has 0 aliphatic carbocycles. The summed E-state index contributed by atoms with van der Waals surface area (Å²) in [5.74, 6) is -0.388. The molecule has 0 radical (unpaired) electrons. The molecule has 0 aliphatic heterocycles. The smallest absolute Gasteiger partial charge is 0.342 e. The first-order valence-electron chi connectivity index (χ1n) is 10.2. The van der Waals surface area contributed by atoms with E-state index in [0.29, 0.717) is 0 Å². The lowest BCUT2D eigenvalue weighted by molar-refractivity contribution is -0.120. The SMILES string of the molecule is CCN(Cc1ccccc1)c1ccc(/C=N/NC(=O)CCNc2n[nH]c(=O)[nH]c2=O)cc1. The van der Waals surface area contributed by atoms with Crippen molar-refractivity contribution in [2.75, 3.05) is 23.3 Å². The number of carbonyl (C=O) groups excluding carboxylic acids is 1.